The fraction of sp³-hybridized carbons (Fsp3) is 0.786. The quantitative estimate of drug-likeness (QED) is 0.847. The second-order valence-electron chi connectivity index (χ2n) is 6.55. The highest BCUT2D eigenvalue weighted by atomic mass is 16.5. The highest BCUT2D eigenvalue weighted by molar-refractivity contribution is 5.90. The van der Waals surface area contributed by atoms with Crippen molar-refractivity contribution in [3.05, 3.63) is 11.6 Å². The monoisotopic (exact) mass is 295 g/mol. The molecule has 2 heterocycles. The predicted octanol–water partition coefficient (Wildman–Crippen LogP) is 0.553. The van der Waals surface area contributed by atoms with Gasteiger partial charge in [-0.25, -0.2) is 4.98 Å². The van der Waals surface area contributed by atoms with E-state index in [2.05, 4.69) is 25.4 Å². The summed E-state index contributed by atoms with van der Waals surface area (Å²) in [5.74, 6) is 0.685. The number of hydrogen-bond acceptors (Lipinski definition) is 5. The molecule has 7 heteroatoms. The van der Waals surface area contributed by atoms with Crippen LogP contribution >= 0.6 is 0 Å². The molecule has 1 aromatic heterocycles. The Balaban J connectivity index is 1.87. The summed E-state index contributed by atoms with van der Waals surface area (Å²) in [5.41, 5.74) is -0.148. The summed E-state index contributed by atoms with van der Waals surface area (Å²) in [7, 11) is 0. The van der Waals surface area contributed by atoms with Gasteiger partial charge in [-0.3, -0.25) is 14.8 Å². The van der Waals surface area contributed by atoms with Crippen LogP contribution < -0.4 is 5.32 Å². The van der Waals surface area contributed by atoms with E-state index in [1.807, 2.05) is 27.7 Å². The molecule has 1 aromatic rings. The predicted molar refractivity (Wildman–Crippen MR) is 79.3 cm³/mol. The van der Waals surface area contributed by atoms with Gasteiger partial charge in [0.05, 0.1) is 13.2 Å². The normalized spacial score (nSPS) is 18.5. The van der Waals surface area contributed by atoms with Crippen LogP contribution in [0.4, 0.5) is 0 Å². The van der Waals surface area contributed by atoms with Gasteiger partial charge in [0, 0.05) is 31.1 Å². The van der Waals surface area contributed by atoms with Crippen LogP contribution in [0.1, 0.15) is 44.1 Å². The molecule has 2 rings (SSSR count). The van der Waals surface area contributed by atoms with Crippen LogP contribution in [0.5, 0.6) is 0 Å². The van der Waals surface area contributed by atoms with Crippen LogP contribution in [-0.2, 0) is 10.2 Å². The molecule has 0 saturated carbocycles. The van der Waals surface area contributed by atoms with Crippen LogP contribution in [0.3, 0.4) is 0 Å². The molecule has 118 valence electrons. The fourth-order valence-corrected chi connectivity index (χ4v) is 2.20. The van der Waals surface area contributed by atoms with Crippen LogP contribution in [0.2, 0.25) is 0 Å². The van der Waals surface area contributed by atoms with E-state index < -0.39 is 0 Å². The first kappa shape index (κ1) is 15.9. The molecule has 1 amide bonds. The number of carbonyl (C=O) groups is 1. The molecule has 1 aliphatic heterocycles. The summed E-state index contributed by atoms with van der Waals surface area (Å²) < 4.78 is 5.31. The minimum absolute atomic E-state index is 0.0483. The van der Waals surface area contributed by atoms with E-state index in [9.17, 15) is 4.79 Å². The zero-order valence-corrected chi connectivity index (χ0v) is 13.3. The Morgan fingerprint density at radius 2 is 2.10 bits per heavy atom. The average Bonchev–Trinajstić information content (AvgIpc) is 2.89. The van der Waals surface area contributed by atoms with Crippen LogP contribution in [-0.4, -0.2) is 64.9 Å². The number of aromatic nitrogens is 3. The lowest BCUT2D eigenvalue weighted by molar-refractivity contribution is 0.0342. The van der Waals surface area contributed by atoms with Crippen molar-refractivity contribution in [3.63, 3.8) is 0 Å². The van der Waals surface area contributed by atoms with Crippen molar-refractivity contribution in [3.8, 4) is 0 Å². The lowest BCUT2D eigenvalue weighted by atomic mass is 9.96. The van der Waals surface area contributed by atoms with Gasteiger partial charge < -0.3 is 10.1 Å². The van der Waals surface area contributed by atoms with Gasteiger partial charge in [0.15, 0.2) is 0 Å². The number of morpholine rings is 1. The number of hydrogen-bond donors (Lipinski definition) is 2. The van der Waals surface area contributed by atoms with Gasteiger partial charge in [-0.05, 0) is 6.92 Å². The first-order chi connectivity index (χ1) is 9.86. The van der Waals surface area contributed by atoms with E-state index in [-0.39, 0.29) is 23.2 Å². The molecule has 21 heavy (non-hydrogen) atoms. The number of carbonyl (C=O) groups excluding carboxylic acids is 1. The second-order valence-corrected chi connectivity index (χ2v) is 6.55. The van der Waals surface area contributed by atoms with Crippen molar-refractivity contribution in [2.24, 2.45) is 0 Å². The van der Waals surface area contributed by atoms with Crippen LogP contribution in [0.15, 0.2) is 0 Å². The maximum atomic E-state index is 12.1. The topological polar surface area (TPSA) is 83.1 Å². The number of ether oxygens (including phenoxy) is 1. The van der Waals surface area contributed by atoms with Gasteiger partial charge in [0.1, 0.15) is 5.82 Å². The van der Waals surface area contributed by atoms with Gasteiger partial charge in [-0.15, -0.1) is 5.10 Å². The summed E-state index contributed by atoms with van der Waals surface area (Å²) in [6.07, 6.45) is 0. The Labute approximate surface area is 125 Å². The number of nitrogens with zero attached hydrogens (tertiary/aromatic N) is 3. The molecular formula is C14H25N5O2. The molecule has 1 fully saturated rings. The first-order valence-corrected chi connectivity index (χ1v) is 7.40. The van der Waals surface area contributed by atoms with E-state index in [4.69, 9.17) is 4.74 Å². The number of amides is 1. The Morgan fingerprint density at radius 3 is 2.67 bits per heavy atom. The van der Waals surface area contributed by atoms with E-state index >= 15 is 0 Å². The summed E-state index contributed by atoms with van der Waals surface area (Å²) in [6, 6.07) is 0.0483. The molecule has 0 aromatic carbocycles. The third-order valence-electron chi connectivity index (χ3n) is 3.41. The molecule has 0 spiro atoms. The van der Waals surface area contributed by atoms with E-state index in [1.54, 1.807) is 0 Å². The lowest BCUT2D eigenvalue weighted by Gasteiger charge is -2.29. The highest BCUT2D eigenvalue weighted by Gasteiger charge is 2.22. The van der Waals surface area contributed by atoms with Crippen LogP contribution in [0.25, 0.3) is 0 Å². The van der Waals surface area contributed by atoms with Crippen molar-refractivity contribution < 1.29 is 9.53 Å². The number of H-pyrrole nitrogens is 1. The van der Waals surface area contributed by atoms with E-state index in [0.717, 1.165) is 32.8 Å². The van der Waals surface area contributed by atoms with Crippen molar-refractivity contribution >= 4 is 5.91 Å². The first-order valence-electron chi connectivity index (χ1n) is 7.40. The fourth-order valence-electron chi connectivity index (χ4n) is 2.20. The van der Waals surface area contributed by atoms with E-state index in [0.29, 0.717) is 5.82 Å². The molecule has 0 aliphatic carbocycles. The minimum atomic E-state index is -0.234. The van der Waals surface area contributed by atoms with Crippen molar-refractivity contribution in [1.82, 2.24) is 25.4 Å². The standard InChI is InChI=1S/C14H25N5O2/c1-10(9-19-5-7-21-8-6-19)15-12(20)11-16-13(18-17-11)14(2,3)4/h10H,5-9H2,1-4H3,(H,15,20)(H,16,17,18). The van der Waals surface area contributed by atoms with Crippen molar-refractivity contribution in [1.29, 1.82) is 0 Å². The van der Waals surface area contributed by atoms with Gasteiger partial charge in [0.25, 0.3) is 5.91 Å². The molecule has 1 saturated heterocycles. The molecule has 0 bridgehead atoms. The Bertz CT molecular complexity index is 474. The molecule has 1 aliphatic rings. The van der Waals surface area contributed by atoms with Gasteiger partial charge in [-0.1, -0.05) is 20.8 Å². The third-order valence-corrected chi connectivity index (χ3v) is 3.41. The summed E-state index contributed by atoms with van der Waals surface area (Å²) >= 11 is 0. The van der Waals surface area contributed by atoms with Crippen LogP contribution in [0, 0.1) is 0 Å². The molecule has 0 radical (unpaired) electrons. The number of aromatic amines is 1. The third kappa shape index (κ3) is 4.50. The Morgan fingerprint density at radius 1 is 1.43 bits per heavy atom. The van der Waals surface area contributed by atoms with E-state index in [1.165, 1.54) is 0 Å². The Hall–Kier alpha value is -1.47. The lowest BCUT2D eigenvalue weighted by Crippen LogP contribution is -2.46. The zero-order chi connectivity index (χ0) is 15.5. The van der Waals surface area contributed by atoms with Crippen molar-refractivity contribution in [2.45, 2.75) is 39.2 Å². The molecule has 2 N–H and O–H groups in total. The highest BCUT2D eigenvalue weighted by Crippen LogP contribution is 2.17. The van der Waals surface area contributed by atoms with Gasteiger partial charge in [-0.2, -0.15) is 0 Å². The largest absolute Gasteiger partial charge is 0.379 e. The number of rotatable bonds is 4. The molecular weight excluding hydrogens is 270 g/mol. The maximum absolute atomic E-state index is 12.1. The minimum Gasteiger partial charge on any atom is -0.379 e. The van der Waals surface area contributed by atoms with Crippen molar-refractivity contribution in [2.75, 3.05) is 32.8 Å². The summed E-state index contributed by atoms with van der Waals surface area (Å²) in [4.78, 5) is 18.7. The molecule has 1 atom stereocenters. The molecule has 7 nitrogen and oxygen atoms in total. The second kappa shape index (κ2) is 6.53. The van der Waals surface area contributed by atoms with Gasteiger partial charge in [0.2, 0.25) is 5.82 Å². The Kier molecular flexibility index (Phi) is 4.95. The summed E-state index contributed by atoms with van der Waals surface area (Å²) in [6.45, 7) is 12.2. The number of nitrogens with one attached hydrogen (secondary N) is 2. The SMILES string of the molecule is CC(CN1CCOCC1)NC(=O)c1n[nH]c(C(C)(C)C)n1. The smallest absolute Gasteiger partial charge is 0.291 e. The van der Waals surface area contributed by atoms with Gasteiger partial charge >= 0.3 is 0 Å². The zero-order valence-electron chi connectivity index (χ0n) is 13.3. The maximum Gasteiger partial charge on any atom is 0.291 e. The summed E-state index contributed by atoms with van der Waals surface area (Å²) in [5, 5.41) is 9.77. The molecule has 1 unspecified atom stereocenters. The average molecular weight is 295 g/mol.